The smallest absolute Gasteiger partial charge is 0.232 e. The zero-order chi connectivity index (χ0) is 22.1. The summed E-state index contributed by atoms with van der Waals surface area (Å²) in [6, 6.07) is -0.172. The fourth-order valence-electron chi connectivity index (χ4n) is 4.84. The van der Waals surface area contributed by atoms with E-state index in [4.69, 9.17) is 43.6 Å². The lowest BCUT2D eigenvalue weighted by molar-refractivity contribution is -0.122. The van der Waals surface area contributed by atoms with Crippen molar-refractivity contribution in [3.8, 4) is 0 Å². The molecule has 12 heteroatoms. The Morgan fingerprint density at radius 3 is 1.55 bits per heavy atom. The highest BCUT2D eigenvalue weighted by Crippen LogP contribution is 2.26. The van der Waals surface area contributed by atoms with Crippen LogP contribution < -0.4 is 43.4 Å². The molecule has 12 nitrogen and oxygen atoms in total. The minimum Gasteiger partial charge on any atom is -0.369 e. The quantitative estimate of drug-likeness (QED) is 0.331. The first-order valence-corrected chi connectivity index (χ1v) is 11.1. The Balaban J connectivity index is 1.67. The first kappa shape index (κ1) is 21.9. The van der Waals surface area contributed by atoms with E-state index in [0.717, 1.165) is 32.2 Å². The number of rotatable bonds is 4. The highest BCUT2D eigenvalue weighted by atomic mass is 16.1. The average Bonchev–Trinajstić information content (AvgIpc) is 2.72. The third kappa shape index (κ3) is 5.14. The number of amides is 1. The molecule has 0 aromatic carbocycles. The largest absolute Gasteiger partial charge is 0.369 e. The molecule has 1 aromatic heterocycles. The van der Waals surface area contributed by atoms with Gasteiger partial charge in [-0.05, 0) is 25.7 Å². The van der Waals surface area contributed by atoms with Crippen LogP contribution >= 0.6 is 0 Å². The summed E-state index contributed by atoms with van der Waals surface area (Å²) in [5.41, 5.74) is 30.4. The van der Waals surface area contributed by atoms with Crippen molar-refractivity contribution in [1.82, 2.24) is 15.0 Å². The molecule has 10 N–H and O–H groups in total. The summed E-state index contributed by atoms with van der Waals surface area (Å²) in [7, 11) is 0. The predicted molar refractivity (Wildman–Crippen MR) is 120 cm³/mol. The Morgan fingerprint density at radius 1 is 0.710 bits per heavy atom. The van der Waals surface area contributed by atoms with E-state index in [1.54, 1.807) is 0 Å². The van der Waals surface area contributed by atoms with Crippen molar-refractivity contribution in [3.63, 3.8) is 0 Å². The van der Waals surface area contributed by atoms with Crippen LogP contribution in [0.15, 0.2) is 0 Å². The topological polar surface area (TPSA) is 196 Å². The van der Waals surface area contributed by atoms with Crippen molar-refractivity contribution in [2.45, 2.75) is 49.9 Å². The fraction of sp³-hybridized carbons (Fsp3) is 0.789. The van der Waals surface area contributed by atoms with Gasteiger partial charge in [0.05, 0.1) is 5.92 Å². The highest BCUT2D eigenvalue weighted by molar-refractivity contribution is 5.77. The van der Waals surface area contributed by atoms with Crippen LogP contribution in [0.2, 0.25) is 0 Å². The van der Waals surface area contributed by atoms with E-state index >= 15 is 0 Å². The van der Waals surface area contributed by atoms with Gasteiger partial charge in [-0.15, -0.1) is 0 Å². The van der Waals surface area contributed by atoms with Crippen LogP contribution in [0.5, 0.6) is 0 Å². The Hall–Kier alpha value is -2.28. The first-order valence-electron chi connectivity index (χ1n) is 11.1. The monoisotopic (exact) mass is 433 g/mol. The van der Waals surface area contributed by atoms with Crippen LogP contribution in [-0.2, 0) is 4.79 Å². The van der Waals surface area contributed by atoms with Gasteiger partial charge in [0.2, 0.25) is 23.8 Å². The van der Waals surface area contributed by atoms with E-state index in [1.807, 2.05) is 14.7 Å². The molecule has 5 unspecified atom stereocenters. The fourth-order valence-corrected chi connectivity index (χ4v) is 4.84. The molecule has 3 aliphatic rings. The zero-order valence-corrected chi connectivity index (χ0v) is 17.9. The van der Waals surface area contributed by atoms with Gasteiger partial charge in [0.15, 0.2) is 0 Å². The summed E-state index contributed by atoms with van der Waals surface area (Å²) in [5.74, 6) is 1.11. The van der Waals surface area contributed by atoms with E-state index in [-0.39, 0.29) is 36.0 Å². The van der Waals surface area contributed by atoms with E-state index < -0.39 is 0 Å². The van der Waals surface area contributed by atoms with E-state index in [1.165, 1.54) is 0 Å². The number of primary amides is 1. The molecule has 4 heterocycles. The van der Waals surface area contributed by atoms with E-state index in [2.05, 4.69) is 0 Å². The highest BCUT2D eigenvalue weighted by Gasteiger charge is 2.31. The van der Waals surface area contributed by atoms with Crippen molar-refractivity contribution < 1.29 is 4.79 Å². The second-order valence-electron chi connectivity index (χ2n) is 9.24. The van der Waals surface area contributed by atoms with Crippen molar-refractivity contribution in [2.24, 2.45) is 34.6 Å². The number of carbonyl (C=O) groups excluding carboxylic acids is 1. The summed E-state index contributed by atoms with van der Waals surface area (Å²) < 4.78 is 0. The lowest BCUT2D eigenvalue weighted by atomic mass is 9.98. The summed E-state index contributed by atoms with van der Waals surface area (Å²) in [4.78, 5) is 32.1. The Morgan fingerprint density at radius 2 is 1.13 bits per heavy atom. The molecule has 31 heavy (non-hydrogen) atoms. The van der Waals surface area contributed by atoms with Crippen LogP contribution in [0.1, 0.15) is 25.7 Å². The molecule has 1 amide bonds. The lowest BCUT2D eigenvalue weighted by Crippen LogP contribution is -2.54. The minimum atomic E-state index is -0.292. The molecule has 0 saturated carbocycles. The number of piperidine rings is 3. The third-order valence-corrected chi connectivity index (χ3v) is 6.30. The predicted octanol–water partition coefficient (Wildman–Crippen LogP) is -2.70. The summed E-state index contributed by atoms with van der Waals surface area (Å²) >= 11 is 0. The summed E-state index contributed by atoms with van der Waals surface area (Å²) in [5, 5.41) is 0. The third-order valence-electron chi connectivity index (χ3n) is 6.30. The lowest BCUT2D eigenvalue weighted by Gasteiger charge is -2.38. The number of nitrogens with two attached hydrogens (primary N) is 5. The van der Waals surface area contributed by atoms with Gasteiger partial charge >= 0.3 is 0 Å². The van der Waals surface area contributed by atoms with Gasteiger partial charge in [0.1, 0.15) is 0 Å². The van der Waals surface area contributed by atoms with Gasteiger partial charge < -0.3 is 43.4 Å². The number of aromatic nitrogens is 3. The molecule has 1 aromatic rings. The Labute approximate surface area is 182 Å². The van der Waals surface area contributed by atoms with Gasteiger partial charge in [-0.3, -0.25) is 4.79 Å². The molecule has 0 radical (unpaired) electrons. The van der Waals surface area contributed by atoms with E-state index in [9.17, 15) is 4.79 Å². The van der Waals surface area contributed by atoms with Gasteiger partial charge in [-0.25, -0.2) is 0 Å². The molecule has 5 atom stereocenters. The number of nitrogens with zero attached hydrogens (tertiary/aromatic N) is 6. The van der Waals surface area contributed by atoms with Gasteiger partial charge in [0.25, 0.3) is 0 Å². The Bertz CT molecular complexity index is 728. The molecule has 0 bridgehead atoms. The summed E-state index contributed by atoms with van der Waals surface area (Å²) in [6.45, 7) is 3.75. The normalized spacial score (nSPS) is 32.3. The van der Waals surface area contributed by atoms with Crippen LogP contribution in [0, 0.1) is 5.92 Å². The van der Waals surface area contributed by atoms with Crippen molar-refractivity contribution >= 4 is 23.8 Å². The van der Waals surface area contributed by atoms with Crippen LogP contribution in [0.25, 0.3) is 0 Å². The van der Waals surface area contributed by atoms with Gasteiger partial charge in [0, 0.05) is 63.4 Å². The zero-order valence-electron chi connectivity index (χ0n) is 17.9. The maximum atomic E-state index is 11.8. The molecule has 3 saturated heterocycles. The number of anilines is 3. The average molecular weight is 434 g/mol. The maximum absolute atomic E-state index is 11.8. The molecule has 3 aliphatic heterocycles. The molecule has 3 fully saturated rings. The summed E-state index contributed by atoms with van der Waals surface area (Å²) in [6.07, 6.45) is 3.16. The van der Waals surface area contributed by atoms with Crippen molar-refractivity contribution in [3.05, 3.63) is 0 Å². The van der Waals surface area contributed by atoms with Crippen LogP contribution in [0.3, 0.4) is 0 Å². The standard InChI is InChI=1S/C19H35N11O/c20-12-4-13(21)8-29(7-12)18-25-17(28-3-1-2-11(6-28)16(24)31)26-19(27-18)30-9-14(22)5-15(23)10-30/h11-15H,1-10,20-23H2,(H2,24,31). The Kier molecular flexibility index (Phi) is 6.42. The van der Waals surface area contributed by atoms with Gasteiger partial charge in [-0.2, -0.15) is 15.0 Å². The van der Waals surface area contributed by atoms with Crippen molar-refractivity contribution in [2.75, 3.05) is 54.0 Å². The second kappa shape index (κ2) is 9.07. The molecule has 0 aliphatic carbocycles. The van der Waals surface area contributed by atoms with Crippen molar-refractivity contribution in [1.29, 1.82) is 0 Å². The van der Waals surface area contributed by atoms with E-state index in [0.29, 0.717) is 50.6 Å². The maximum Gasteiger partial charge on any atom is 0.232 e. The molecular weight excluding hydrogens is 398 g/mol. The molecular formula is C19H35N11O. The minimum absolute atomic E-state index is 0.0431. The first-order chi connectivity index (χ1) is 14.8. The molecule has 4 rings (SSSR count). The van der Waals surface area contributed by atoms with Gasteiger partial charge in [-0.1, -0.05) is 0 Å². The number of carbonyl (C=O) groups is 1. The molecule has 0 spiro atoms. The second-order valence-corrected chi connectivity index (χ2v) is 9.24. The SMILES string of the molecule is NC(=O)C1CCCN(c2nc(N3CC(N)CC(N)C3)nc(N3CC(N)CC(N)C3)n2)C1. The van der Waals surface area contributed by atoms with Crippen LogP contribution in [-0.4, -0.2) is 84.3 Å². The number of hydrogen-bond acceptors (Lipinski definition) is 11. The van der Waals surface area contributed by atoms with Crippen LogP contribution in [0.4, 0.5) is 17.8 Å². The molecule has 172 valence electrons. The number of hydrogen-bond donors (Lipinski definition) is 5.